The highest BCUT2D eigenvalue weighted by atomic mass is 35.5. The summed E-state index contributed by atoms with van der Waals surface area (Å²) in [5.74, 6) is 1.37. The van der Waals surface area contributed by atoms with E-state index in [0.717, 1.165) is 42.0 Å². The van der Waals surface area contributed by atoms with Crippen LogP contribution < -0.4 is 4.90 Å². The van der Waals surface area contributed by atoms with E-state index in [2.05, 4.69) is 50.4 Å². The van der Waals surface area contributed by atoms with Gasteiger partial charge in [0.25, 0.3) is 5.71 Å². The molecule has 0 radical (unpaired) electrons. The van der Waals surface area contributed by atoms with Crippen LogP contribution in [0.2, 0.25) is 5.02 Å². The van der Waals surface area contributed by atoms with E-state index in [1.54, 1.807) is 6.33 Å². The van der Waals surface area contributed by atoms with Crippen LogP contribution >= 0.6 is 11.6 Å². The molecule has 1 aliphatic heterocycles. The number of fused-ring (bicyclic) bond motifs is 1. The van der Waals surface area contributed by atoms with Crippen molar-refractivity contribution in [3.63, 3.8) is 0 Å². The van der Waals surface area contributed by atoms with Crippen molar-refractivity contribution in [1.29, 1.82) is 0 Å². The third-order valence-corrected chi connectivity index (χ3v) is 5.38. The molecule has 0 aliphatic carbocycles. The van der Waals surface area contributed by atoms with Gasteiger partial charge in [0.1, 0.15) is 23.2 Å². The van der Waals surface area contributed by atoms with Crippen LogP contribution in [0.5, 0.6) is 0 Å². The van der Waals surface area contributed by atoms with Crippen LogP contribution in [0.3, 0.4) is 0 Å². The fourth-order valence-corrected chi connectivity index (χ4v) is 3.89. The Labute approximate surface area is 161 Å². The second kappa shape index (κ2) is 6.67. The van der Waals surface area contributed by atoms with Crippen molar-refractivity contribution in [3.05, 3.63) is 71.5 Å². The molecule has 4 aromatic rings. The summed E-state index contributed by atoms with van der Waals surface area (Å²) in [4.78, 5) is 11.1. The molecule has 0 spiro atoms. The quantitative estimate of drug-likeness (QED) is 0.507. The summed E-state index contributed by atoms with van der Waals surface area (Å²) in [6, 6.07) is 18.2. The van der Waals surface area contributed by atoms with Gasteiger partial charge in [-0.05, 0) is 24.1 Å². The summed E-state index contributed by atoms with van der Waals surface area (Å²) in [7, 11) is 0. The molecule has 134 valence electrons. The van der Waals surface area contributed by atoms with E-state index >= 15 is 0 Å². The van der Waals surface area contributed by atoms with Crippen LogP contribution in [0.25, 0.3) is 22.4 Å². The van der Waals surface area contributed by atoms with E-state index in [1.807, 2.05) is 24.3 Å². The Kier molecular flexibility index (Phi) is 4.02. The minimum atomic E-state index is 0.495. The number of nitrogens with zero attached hydrogens (tertiary/aromatic N) is 4. The standard InChI is InChI=1S/C21H17ClN4O/c22-17-8-6-15(7-9-17)19-18-20(23-13-24-21(18)27-25-19)26-11-10-16(12-26)14-4-2-1-3-5-14/h1-9,13,16H,10-12H2/t16-/m0/s1. The first-order valence-corrected chi connectivity index (χ1v) is 9.33. The van der Waals surface area contributed by atoms with Gasteiger partial charge in [-0.25, -0.2) is 4.98 Å². The first-order valence-electron chi connectivity index (χ1n) is 8.96. The Balaban J connectivity index is 1.54. The van der Waals surface area contributed by atoms with Crippen LogP contribution in [0.15, 0.2) is 65.4 Å². The molecule has 0 bridgehead atoms. The predicted molar refractivity (Wildman–Crippen MR) is 106 cm³/mol. The lowest BCUT2D eigenvalue weighted by atomic mass is 9.99. The van der Waals surface area contributed by atoms with Crippen LogP contribution in [0.1, 0.15) is 17.9 Å². The van der Waals surface area contributed by atoms with Crippen molar-refractivity contribution in [3.8, 4) is 11.3 Å². The van der Waals surface area contributed by atoms with E-state index in [4.69, 9.17) is 16.1 Å². The molecule has 0 amide bonds. The number of rotatable bonds is 3. The van der Waals surface area contributed by atoms with Crippen LogP contribution in [0.4, 0.5) is 5.82 Å². The van der Waals surface area contributed by atoms with E-state index in [-0.39, 0.29) is 0 Å². The molecule has 5 rings (SSSR count). The van der Waals surface area contributed by atoms with Gasteiger partial charge in [-0.3, -0.25) is 0 Å². The van der Waals surface area contributed by atoms with Crippen molar-refractivity contribution in [2.75, 3.05) is 18.0 Å². The Morgan fingerprint density at radius 1 is 1.00 bits per heavy atom. The molecule has 2 aromatic heterocycles. The lowest BCUT2D eigenvalue weighted by molar-refractivity contribution is 0.451. The van der Waals surface area contributed by atoms with Gasteiger partial charge in [-0.1, -0.05) is 59.2 Å². The smallest absolute Gasteiger partial charge is 0.263 e. The van der Waals surface area contributed by atoms with Crippen LogP contribution in [-0.2, 0) is 0 Å². The van der Waals surface area contributed by atoms with Crippen LogP contribution in [-0.4, -0.2) is 28.2 Å². The molecule has 1 saturated heterocycles. The SMILES string of the molecule is Clc1ccc(-c2noc3ncnc(N4CC[C@H](c5ccccc5)C4)c23)cc1. The summed E-state index contributed by atoms with van der Waals surface area (Å²) >= 11 is 6.02. The molecule has 27 heavy (non-hydrogen) atoms. The number of aromatic nitrogens is 3. The summed E-state index contributed by atoms with van der Waals surface area (Å²) in [5, 5.41) is 5.80. The highest BCUT2D eigenvalue weighted by Gasteiger charge is 2.28. The maximum atomic E-state index is 6.02. The molecule has 1 aliphatic rings. The first-order chi connectivity index (χ1) is 13.3. The van der Waals surface area contributed by atoms with Crippen LogP contribution in [0, 0.1) is 0 Å². The third-order valence-electron chi connectivity index (χ3n) is 5.13. The minimum Gasteiger partial charge on any atom is -0.355 e. The molecule has 0 saturated carbocycles. The van der Waals surface area contributed by atoms with Gasteiger partial charge in [0.2, 0.25) is 0 Å². The van der Waals surface area contributed by atoms with E-state index in [0.29, 0.717) is 16.7 Å². The molecule has 0 unspecified atom stereocenters. The molecule has 6 heteroatoms. The van der Waals surface area contributed by atoms with Gasteiger partial charge in [0, 0.05) is 29.6 Å². The second-order valence-electron chi connectivity index (χ2n) is 6.76. The number of benzene rings is 2. The number of hydrogen-bond donors (Lipinski definition) is 0. The normalized spacial score (nSPS) is 16.9. The maximum absolute atomic E-state index is 6.02. The third kappa shape index (κ3) is 2.94. The monoisotopic (exact) mass is 376 g/mol. The average molecular weight is 377 g/mol. The van der Waals surface area contributed by atoms with Gasteiger partial charge >= 0.3 is 0 Å². The van der Waals surface area contributed by atoms with Gasteiger partial charge in [0.15, 0.2) is 0 Å². The van der Waals surface area contributed by atoms with Gasteiger partial charge in [0.05, 0.1) is 0 Å². The molecular formula is C21H17ClN4O. The van der Waals surface area contributed by atoms with E-state index in [9.17, 15) is 0 Å². The Bertz CT molecular complexity index is 1080. The molecule has 1 fully saturated rings. The maximum Gasteiger partial charge on any atom is 0.263 e. The summed E-state index contributed by atoms with van der Waals surface area (Å²) in [5.41, 5.74) is 3.56. The van der Waals surface area contributed by atoms with E-state index < -0.39 is 0 Å². The second-order valence-corrected chi connectivity index (χ2v) is 7.19. The zero-order chi connectivity index (χ0) is 18.2. The Hall–Kier alpha value is -2.92. The minimum absolute atomic E-state index is 0.495. The highest BCUT2D eigenvalue weighted by Crippen LogP contribution is 2.37. The Morgan fingerprint density at radius 2 is 1.81 bits per heavy atom. The number of hydrogen-bond acceptors (Lipinski definition) is 5. The lowest BCUT2D eigenvalue weighted by Gasteiger charge is -2.18. The summed E-state index contributed by atoms with van der Waals surface area (Å²) in [6.45, 7) is 1.86. The summed E-state index contributed by atoms with van der Waals surface area (Å²) < 4.78 is 5.48. The zero-order valence-electron chi connectivity index (χ0n) is 14.5. The van der Waals surface area contributed by atoms with Crippen molar-refractivity contribution >= 4 is 28.5 Å². The molecule has 5 nitrogen and oxygen atoms in total. The van der Waals surface area contributed by atoms with Gasteiger partial charge in [-0.15, -0.1) is 0 Å². The summed E-state index contributed by atoms with van der Waals surface area (Å²) in [6.07, 6.45) is 2.64. The van der Waals surface area contributed by atoms with Crippen molar-refractivity contribution in [2.45, 2.75) is 12.3 Å². The van der Waals surface area contributed by atoms with E-state index in [1.165, 1.54) is 5.56 Å². The topological polar surface area (TPSA) is 55.1 Å². The fraction of sp³-hybridized carbons (Fsp3) is 0.190. The fourth-order valence-electron chi connectivity index (χ4n) is 3.77. The van der Waals surface area contributed by atoms with Crippen molar-refractivity contribution in [1.82, 2.24) is 15.1 Å². The van der Waals surface area contributed by atoms with Crippen molar-refractivity contribution in [2.24, 2.45) is 0 Å². The molecular weight excluding hydrogens is 360 g/mol. The predicted octanol–water partition coefficient (Wildman–Crippen LogP) is 4.93. The van der Waals surface area contributed by atoms with Gasteiger partial charge < -0.3 is 9.42 Å². The molecule has 3 heterocycles. The Morgan fingerprint density at radius 3 is 2.63 bits per heavy atom. The average Bonchev–Trinajstić information content (AvgIpc) is 3.37. The number of halogens is 1. The molecule has 0 N–H and O–H groups in total. The largest absolute Gasteiger partial charge is 0.355 e. The highest BCUT2D eigenvalue weighted by molar-refractivity contribution is 6.30. The molecule has 1 atom stereocenters. The molecule has 2 aromatic carbocycles. The first kappa shape index (κ1) is 16.3. The van der Waals surface area contributed by atoms with Gasteiger partial charge in [-0.2, -0.15) is 4.98 Å². The van der Waals surface area contributed by atoms with Crippen molar-refractivity contribution < 1.29 is 4.52 Å². The zero-order valence-corrected chi connectivity index (χ0v) is 15.3. The lowest BCUT2D eigenvalue weighted by Crippen LogP contribution is -2.20. The number of anilines is 1.